The Balaban J connectivity index is 1.44. The van der Waals surface area contributed by atoms with E-state index in [1.54, 1.807) is 18.2 Å². The van der Waals surface area contributed by atoms with Crippen molar-refractivity contribution >= 4 is 34.0 Å². The van der Waals surface area contributed by atoms with Gasteiger partial charge in [0, 0.05) is 36.1 Å². The Kier molecular flexibility index (Phi) is 7.85. The summed E-state index contributed by atoms with van der Waals surface area (Å²) in [4.78, 5) is 23.4. The topological polar surface area (TPSA) is 80.6 Å². The van der Waals surface area contributed by atoms with Crippen LogP contribution in [-0.2, 0) is 16.1 Å². The van der Waals surface area contributed by atoms with Gasteiger partial charge in [-0.2, -0.15) is 0 Å². The van der Waals surface area contributed by atoms with E-state index in [0.717, 1.165) is 28.6 Å². The second-order valence-corrected chi connectivity index (χ2v) is 8.80. The van der Waals surface area contributed by atoms with Gasteiger partial charge in [-0.25, -0.2) is 0 Å². The number of aliphatic carboxylic acids is 1. The van der Waals surface area contributed by atoms with E-state index in [4.69, 9.17) is 9.84 Å². The molecule has 0 saturated heterocycles. The SMILES string of the molecule is C/C(=C\C(=O)Nc1ccccc1OCCCC(=O)O)c1ccc2c(ccn2Cc2ccccc2C)c1. The summed E-state index contributed by atoms with van der Waals surface area (Å²) in [6.07, 6.45) is 4.11. The lowest BCUT2D eigenvalue weighted by Crippen LogP contribution is -2.11. The fourth-order valence-corrected chi connectivity index (χ4v) is 4.10. The normalized spacial score (nSPS) is 11.4. The minimum Gasteiger partial charge on any atom is -0.491 e. The van der Waals surface area contributed by atoms with Crippen LogP contribution in [0.2, 0.25) is 0 Å². The molecule has 36 heavy (non-hydrogen) atoms. The molecule has 1 aromatic heterocycles. The van der Waals surface area contributed by atoms with Crippen LogP contribution in [0.15, 0.2) is 85.1 Å². The molecule has 0 bridgehead atoms. The number of ether oxygens (including phenoxy) is 1. The van der Waals surface area contributed by atoms with Crippen LogP contribution >= 0.6 is 0 Å². The van der Waals surface area contributed by atoms with Gasteiger partial charge < -0.3 is 19.7 Å². The number of para-hydroxylation sites is 2. The van der Waals surface area contributed by atoms with Gasteiger partial charge in [-0.15, -0.1) is 0 Å². The number of anilines is 1. The molecule has 4 rings (SSSR count). The zero-order chi connectivity index (χ0) is 25.5. The van der Waals surface area contributed by atoms with Crippen molar-refractivity contribution in [1.82, 2.24) is 4.57 Å². The molecule has 0 saturated carbocycles. The third kappa shape index (κ3) is 6.21. The van der Waals surface area contributed by atoms with E-state index < -0.39 is 5.97 Å². The Morgan fingerprint density at radius 1 is 1.03 bits per heavy atom. The van der Waals surface area contributed by atoms with Gasteiger partial charge in [0.05, 0.1) is 12.3 Å². The first-order valence-electron chi connectivity index (χ1n) is 12.0. The quantitative estimate of drug-likeness (QED) is 0.206. The van der Waals surface area contributed by atoms with Crippen molar-refractivity contribution in [2.45, 2.75) is 33.2 Å². The Hall–Kier alpha value is -4.32. The molecule has 2 N–H and O–H groups in total. The van der Waals surface area contributed by atoms with Gasteiger partial charge in [0.1, 0.15) is 5.75 Å². The van der Waals surface area contributed by atoms with Crippen molar-refractivity contribution in [2.24, 2.45) is 0 Å². The highest BCUT2D eigenvalue weighted by molar-refractivity contribution is 6.04. The number of allylic oxidation sites excluding steroid dienone is 1. The lowest BCUT2D eigenvalue weighted by molar-refractivity contribution is -0.137. The summed E-state index contributed by atoms with van der Waals surface area (Å²) in [5.74, 6) is -0.605. The number of fused-ring (bicyclic) bond motifs is 1. The maximum Gasteiger partial charge on any atom is 0.303 e. The molecular formula is C30H30N2O4. The monoisotopic (exact) mass is 482 g/mol. The average molecular weight is 483 g/mol. The van der Waals surface area contributed by atoms with Gasteiger partial charge in [0.15, 0.2) is 0 Å². The number of nitrogens with zero attached hydrogens (tertiary/aromatic N) is 1. The van der Waals surface area contributed by atoms with Gasteiger partial charge in [-0.1, -0.05) is 42.5 Å². The van der Waals surface area contributed by atoms with Crippen LogP contribution < -0.4 is 10.1 Å². The summed E-state index contributed by atoms with van der Waals surface area (Å²) in [7, 11) is 0. The molecule has 0 atom stereocenters. The highest BCUT2D eigenvalue weighted by atomic mass is 16.5. The van der Waals surface area contributed by atoms with E-state index in [0.29, 0.717) is 17.9 Å². The average Bonchev–Trinajstić information content (AvgIpc) is 3.26. The van der Waals surface area contributed by atoms with Crippen LogP contribution in [0.4, 0.5) is 5.69 Å². The highest BCUT2D eigenvalue weighted by Crippen LogP contribution is 2.26. The third-order valence-electron chi connectivity index (χ3n) is 6.11. The Morgan fingerprint density at radius 3 is 2.61 bits per heavy atom. The maximum atomic E-state index is 12.7. The van der Waals surface area contributed by atoms with Crippen LogP contribution in [-0.4, -0.2) is 28.2 Å². The molecule has 6 nitrogen and oxygen atoms in total. The van der Waals surface area contributed by atoms with Gasteiger partial charge in [0.2, 0.25) is 5.91 Å². The molecule has 0 fully saturated rings. The number of carbonyl (C=O) groups excluding carboxylic acids is 1. The molecule has 4 aromatic rings. The summed E-state index contributed by atoms with van der Waals surface area (Å²) in [5, 5.41) is 12.8. The van der Waals surface area contributed by atoms with Gasteiger partial charge in [0.25, 0.3) is 0 Å². The van der Waals surface area contributed by atoms with Gasteiger partial charge in [-0.05, 0) is 72.9 Å². The lowest BCUT2D eigenvalue weighted by Gasteiger charge is -2.12. The van der Waals surface area contributed by atoms with Crippen LogP contribution in [0.5, 0.6) is 5.75 Å². The largest absolute Gasteiger partial charge is 0.491 e. The van der Waals surface area contributed by atoms with Crippen LogP contribution in [0.3, 0.4) is 0 Å². The summed E-state index contributed by atoms with van der Waals surface area (Å²) in [6.45, 7) is 5.11. The molecule has 0 aliphatic heterocycles. The summed E-state index contributed by atoms with van der Waals surface area (Å²) >= 11 is 0. The van der Waals surface area contributed by atoms with Gasteiger partial charge >= 0.3 is 5.97 Å². The Labute approximate surface area is 210 Å². The number of carbonyl (C=O) groups is 2. The van der Waals surface area contributed by atoms with Crippen LogP contribution in [0.1, 0.15) is 36.5 Å². The molecule has 184 valence electrons. The van der Waals surface area contributed by atoms with Crippen molar-refractivity contribution < 1.29 is 19.4 Å². The highest BCUT2D eigenvalue weighted by Gasteiger charge is 2.09. The molecule has 0 aliphatic rings. The zero-order valence-corrected chi connectivity index (χ0v) is 20.5. The molecule has 6 heteroatoms. The van der Waals surface area contributed by atoms with Crippen molar-refractivity contribution in [3.05, 3.63) is 102 Å². The first-order chi connectivity index (χ1) is 17.4. The van der Waals surface area contributed by atoms with Crippen molar-refractivity contribution in [3.63, 3.8) is 0 Å². The molecule has 1 amide bonds. The van der Waals surface area contributed by atoms with Crippen LogP contribution in [0, 0.1) is 6.92 Å². The molecule has 1 heterocycles. The fraction of sp³-hybridized carbons (Fsp3) is 0.200. The van der Waals surface area contributed by atoms with Crippen molar-refractivity contribution in [2.75, 3.05) is 11.9 Å². The van der Waals surface area contributed by atoms with Crippen molar-refractivity contribution in [1.29, 1.82) is 0 Å². The molecule has 3 aromatic carbocycles. The molecule has 0 radical (unpaired) electrons. The molecule has 0 aliphatic carbocycles. The van der Waals surface area contributed by atoms with E-state index in [2.05, 4.69) is 65.5 Å². The number of amides is 1. The number of hydrogen-bond acceptors (Lipinski definition) is 3. The van der Waals surface area contributed by atoms with E-state index in [1.165, 1.54) is 11.1 Å². The fourth-order valence-electron chi connectivity index (χ4n) is 4.10. The second kappa shape index (κ2) is 11.4. The number of nitrogens with one attached hydrogen (secondary N) is 1. The van der Waals surface area contributed by atoms with E-state index in [9.17, 15) is 9.59 Å². The Morgan fingerprint density at radius 2 is 1.81 bits per heavy atom. The van der Waals surface area contributed by atoms with Crippen LogP contribution in [0.25, 0.3) is 16.5 Å². The maximum absolute atomic E-state index is 12.7. The first kappa shape index (κ1) is 24.8. The molecule has 0 spiro atoms. The minimum atomic E-state index is -0.859. The van der Waals surface area contributed by atoms with Crippen molar-refractivity contribution in [3.8, 4) is 5.75 Å². The van der Waals surface area contributed by atoms with E-state index in [-0.39, 0.29) is 18.9 Å². The summed E-state index contributed by atoms with van der Waals surface area (Å²) in [6, 6.07) is 23.9. The number of rotatable bonds is 10. The smallest absolute Gasteiger partial charge is 0.303 e. The first-order valence-corrected chi connectivity index (χ1v) is 12.0. The zero-order valence-electron chi connectivity index (χ0n) is 20.5. The summed E-state index contributed by atoms with van der Waals surface area (Å²) in [5.41, 5.74) is 6.08. The number of benzene rings is 3. The molecular weight excluding hydrogens is 452 g/mol. The molecule has 0 unspecified atom stereocenters. The number of aromatic nitrogens is 1. The second-order valence-electron chi connectivity index (χ2n) is 8.80. The lowest BCUT2D eigenvalue weighted by atomic mass is 10.0. The summed E-state index contributed by atoms with van der Waals surface area (Å²) < 4.78 is 7.91. The predicted octanol–water partition coefficient (Wildman–Crippen LogP) is 6.28. The Bertz CT molecular complexity index is 1420. The standard InChI is InChI=1S/C30H30N2O4/c1-21-8-3-4-9-25(21)20-32-16-15-24-19-23(13-14-27(24)32)22(2)18-29(33)31-26-10-5-6-11-28(26)36-17-7-12-30(34)35/h3-6,8-11,13-16,18-19H,7,12,17,20H2,1-2H3,(H,31,33)(H,34,35)/b22-18+. The number of aryl methyl sites for hydroxylation is 1. The number of carboxylic acid groups (broad SMARTS) is 1. The van der Waals surface area contributed by atoms with E-state index >= 15 is 0 Å². The van der Waals surface area contributed by atoms with Gasteiger partial charge in [-0.3, -0.25) is 9.59 Å². The number of carboxylic acids is 1. The predicted molar refractivity (Wildman–Crippen MR) is 143 cm³/mol. The third-order valence-corrected chi connectivity index (χ3v) is 6.11. The minimum absolute atomic E-state index is 0.0378. The number of hydrogen-bond donors (Lipinski definition) is 2. The van der Waals surface area contributed by atoms with E-state index in [1.807, 2.05) is 25.1 Å².